The van der Waals surface area contributed by atoms with Crippen molar-refractivity contribution >= 4 is 32.3 Å². The minimum atomic E-state index is -0.137. The van der Waals surface area contributed by atoms with Crippen LogP contribution >= 0.6 is 0 Å². The van der Waals surface area contributed by atoms with E-state index in [2.05, 4.69) is 196 Å². The highest BCUT2D eigenvalue weighted by molar-refractivity contribution is 6.14. The fourth-order valence-electron chi connectivity index (χ4n) is 8.51. The van der Waals surface area contributed by atoms with E-state index >= 15 is 0 Å². The average molecular weight is 649 g/mol. The zero-order valence-corrected chi connectivity index (χ0v) is 28.8. The molecule has 0 unspecified atom stereocenters. The summed E-state index contributed by atoms with van der Waals surface area (Å²) in [7, 11) is 0. The van der Waals surface area contributed by atoms with Crippen molar-refractivity contribution in [2.24, 2.45) is 0 Å². The molecule has 0 fully saturated rings. The van der Waals surface area contributed by atoms with Crippen LogP contribution in [0.1, 0.15) is 25.0 Å². The van der Waals surface area contributed by atoms with Crippen LogP contribution in [0.5, 0.6) is 0 Å². The molecule has 240 valence electrons. The average Bonchev–Trinajstić information content (AvgIpc) is 3.42. The maximum Gasteiger partial charge on any atom is 0.0159 e. The van der Waals surface area contributed by atoms with Gasteiger partial charge in [0.05, 0.1) is 0 Å². The Morgan fingerprint density at radius 1 is 0.275 bits per heavy atom. The van der Waals surface area contributed by atoms with E-state index < -0.39 is 0 Å². The molecular weight excluding hydrogens is 613 g/mol. The summed E-state index contributed by atoms with van der Waals surface area (Å²) in [5, 5.41) is 7.67. The highest BCUT2D eigenvalue weighted by Crippen LogP contribution is 2.51. The Kier molecular flexibility index (Phi) is 6.63. The first-order chi connectivity index (χ1) is 25.0. The van der Waals surface area contributed by atoms with E-state index in [4.69, 9.17) is 0 Å². The maximum atomic E-state index is 2.46. The van der Waals surface area contributed by atoms with Gasteiger partial charge in [0.25, 0.3) is 0 Å². The predicted octanol–water partition coefficient (Wildman–Crippen LogP) is 14.1. The van der Waals surface area contributed by atoms with Crippen molar-refractivity contribution < 1.29 is 0 Å². The summed E-state index contributed by atoms with van der Waals surface area (Å²) in [6, 6.07) is 67.5. The summed E-state index contributed by atoms with van der Waals surface area (Å²) in [5.41, 5.74) is 15.3. The second-order valence-electron chi connectivity index (χ2n) is 14.6. The third kappa shape index (κ3) is 4.83. The standard InChI is InChI=1S/C51H36/c1-51(2)49-31-37(36-21-20-34-14-6-7-15-35(34)26-36)22-24-46(49)47-25-23-38(32-50(47)51)41-27-40(33-12-4-3-5-13-33)28-42(29-41)48-30-39-16-8-9-17-43(39)44-18-10-11-19-45(44)48/h3-32H,1-2H3. The second-order valence-corrected chi connectivity index (χ2v) is 14.6. The largest absolute Gasteiger partial charge is 0.0622 e. The topological polar surface area (TPSA) is 0 Å². The number of fused-ring (bicyclic) bond motifs is 7. The summed E-state index contributed by atoms with van der Waals surface area (Å²) in [6.07, 6.45) is 0. The van der Waals surface area contributed by atoms with Gasteiger partial charge >= 0.3 is 0 Å². The third-order valence-electron chi connectivity index (χ3n) is 11.2. The van der Waals surface area contributed by atoms with Crippen LogP contribution in [0.3, 0.4) is 0 Å². The molecule has 51 heavy (non-hydrogen) atoms. The van der Waals surface area contributed by atoms with Gasteiger partial charge < -0.3 is 0 Å². The lowest BCUT2D eigenvalue weighted by atomic mass is 9.80. The zero-order chi connectivity index (χ0) is 34.1. The number of benzene rings is 9. The predicted molar refractivity (Wildman–Crippen MR) is 218 cm³/mol. The first kappa shape index (κ1) is 29.7. The highest BCUT2D eigenvalue weighted by atomic mass is 14.4. The van der Waals surface area contributed by atoms with Gasteiger partial charge in [-0.25, -0.2) is 0 Å². The highest BCUT2D eigenvalue weighted by Gasteiger charge is 2.36. The van der Waals surface area contributed by atoms with Crippen LogP contribution in [0.15, 0.2) is 182 Å². The zero-order valence-electron chi connectivity index (χ0n) is 28.8. The first-order valence-corrected chi connectivity index (χ1v) is 17.9. The molecule has 1 aliphatic carbocycles. The van der Waals surface area contributed by atoms with Crippen LogP contribution < -0.4 is 0 Å². The molecule has 0 nitrogen and oxygen atoms in total. The summed E-state index contributed by atoms with van der Waals surface area (Å²) < 4.78 is 0. The molecule has 0 N–H and O–H groups in total. The fourth-order valence-corrected chi connectivity index (χ4v) is 8.51. The van der Waals surface area contributed by atoms with Gasteiger partial charge in [-0.2, -0.15) is 0 Å². The van der Waals surface area contributed by atoms with Crippen LogP contribution in [0.2, 0.25) is 0 Å². The fraction of sp³-hybridized carbons (Fsp3) is 0.0588. The lowest BCUT2D eigenvalue weighted by Gasteiger charge is -2.23. The van der Waals surface area contributed by atoms with E-state index in [1.807, 2.05) is 0 Å². The van der Waals surface area contributed by atoms with E-state index in [1.165, 1.54) is 99.1 Å². The minimum Gasteiger partial charge on any atom is -0.0622 e. The van der Waals surface area contributed by atoms with Gasteiger partial charge in [-0.15, -0.1) is 0 Å². The minimum absolute atomic E-state index is 0.137. The van der Waals surface area contributed by atoms with Gasteiger partial charge in [0.2, 0.25) is 0 Å². The van der Waals surface area contributed by atoms with Crippen molar-refractivity contribution in [1.82, 2.24) is 0 Å². The molecule has 0 spiro atoms. The van der Waals surface area contributed by atoms with Crippen molar-refractivity contribution in [3.05, 3.63) is 193 Å². The van der Waals surface area contributed by atoms with Crippen LogP contribution in [-0.4, -0.2) is 0 Å². The molecule has 0 heterocycles. The Labute approximate surface area is 299 Å². The number of hydrogen-bond acceptors (Lipinski definition) is 0. The van der Waals surface area contributed by atoms with Crippen molar-refractivity contribution in [2.75, 3.05) is 0 Å². The Morgan fingerprint density at radius 2 is 0.784 bits per heavy atom. The Hall–Kier alpha value is -6.24. The summed E-state index contributed by atoms with van der Waals surface area (Å²) in [4.78, 5) is 0. The van der Waals surface area contributed by atoms with Crippen molar-refractivity contribution in [3.63, 3.8) is 0 Å². The van der Waals surface area contributed by atoms with Crippen molar-refractivity contribution in [2.45, 2.75) is 19.3 Å². The monoisotopic (exact) mass is 648 g/mol. The number of hydrogen-bond donors (Lipinski definition) is 0. The Balaban J connectivity index is 1.12. The van der Waals surface area contributed by atoms with Gasteiger partial charge in [-0.3, -0.25) is 0 Å². The molecule has 9 aromatic carbocycles. The van der Waals surface area contributed by atoms with E-state index in [0.717, 1.165) is 0 Å². The molecule has 0 saturated heterocycles. The van der Waals surface area contributed by atoms with E-state index in [1.54, 1.807) is 0 Å². The molecule has 1 aliphatic rings. The SMILES string of the molecule is CC1(C)c2cc(-c3cc(-c4ccccc4)cc(-c4cc5ccccc5c5ccccc45)c3)ccc2-c2ccc(-c3ccc4ccccc4c3)cc21. The molecule has 0 bridgehead atoms. The molecule has 0 heteroatoms. The normalized spacial score (nSPS) is 13.1. The first-order valence-electron chi connectivity index (χ1n) is 17.9. The molecule has 9 aromatic rings. The second kappa shape index (κ2) is 11.4. The van der Waals surface area contributed by atoms with Crippen LogP contribution in [-0.2, 0) is 5.41 Å². The van der Waals surface area contributed by atoms with Gasteiger partial charge in [0, 0.05) is 5.41 Å². The molecule has 0 saturated carbocycles. The summed E-state index contributed by atoms with van der Waals surface area (Å²) >= 11 is 0. The van der Waals surface area contributed by atoms with Crippen molar-refractivity contribution in [3.8, 4) is 55.6 Å². The van der Waals surface area contributed by atoms with Gasteiger partial charge in [-0.1, -0.05) is 153 Å². The molecule has 0 radical (unpaired) electrons. The van der Waals surface area contributed by atoms with Crippen LogP contribution in [0.25, 0.3) is 88.0 Å². The smallest absolute Gasteiger partial charge is 0.0159 e. The summed E-state index contributed by atoms with van der Waals surface area (Å²) in [5.74, 6) is 0. The number of rotatable bonds is 4. The molecule has 10 rings (SSSR count). The molecule has 0 amide bonds. The molecule has 0 aromatic heterocycles. The lowest BCUT2D eigenvalue weighted by molar-refractivity contribution is 0.661. The Bertz CT molecular complexity index is 2820. The van der Waals surface area contributed by atoms with E-state index in [-0.39, 0.29) is 5.41 Å². The van der Waals surface area contributed by atoms with Crippen LogP contribution in [0.4, 0.5) is 0 Å². The molecule has 0 aliphatic heterocycles. The van der Waals surface area contributed by atoms with Crippen LogP contribution in [0, 0.1) is 0 Å². The molecule has 0 atom stereocenters. The van der Waals surface area contributed by atoms with E-state index in [9.17, 15) is 0 Å². The lowest BCUT2D eigenvalue weighted by Crippen LogP contribution is -2.15. The van der Waals surface area contributed by atoms with E-state index in [0.29, 0.717) is 0 Å². The quantitative estimate of drug-likeness (QED) is 0.167. The van der Waals surface area contributed by atoms with Gasteiger partial charge in [0.15, 0.2) is 0 Å². The van der Waals surface area contributed by atoms with Gasteiger partial charge in [-0.05, 0) is 142 Å². The van der Waals surface area contributed by atoms with Gasteiger partial charge in [0.1, 0.15) is 0 Å². The Morgan fingerprint density at radius 3 is 1.51 bits per heavy atom. The molecular formula is C51H36. The third-order valence-corrected chi connectivity index (χ3v) is 11.2. The summed E-state index contributed by atoms with van der Waals surface area (Å²) in [6.45, 7) is 4.78. The van der Waals surface area contributed by atoms with Crippen molar-refractivity contribution in [1.29, 1.82) is 0 Å². The maximum absolute atomic E-state index is 2.46.